The van der Waals surface area contributed by atoms with Gasteiger partial charge in [0.05, 0.1) is 5.69 Å². The van der Waals surface area contributed by atoms with Crippen molar-refractivity contribution in [2.24, 2.45) is 0 Å². The predicted octanol–water partition coefficient (Wildman–Crippen LogP) is 2.14. The molecule has 2 N–H and O–H groups in total. The van der Waals surface area contributed by atoms with Gasteiger partial charge in [-0.25, -0.2) is 4.98 Å². The van der Waals surface area contributed by atoms with Crippen LogP contribution in [0.5, 0.6) is 0 Å². The van der Waals surface area contributed by atoms with Crippen LogP contribution in [0.15, 0.2) is 0 Å². The molecule has 1 aliphatic rings. The number of hydrogen-bond donors (Lipinski definition) is 2. The number of aromatic amines is 1. The lowest BCUT2D eigenvalue weighted by atomic mass is 10.1. The van der Waals surface area contributed by atoms with Crippen molar-refractivity contribution in [2.45, 2.75) is 52.0 Å². The molecule has 1 heterocycles. The topological polar surface area (TPSA) is 40.7 Å². The van der Waals surface area contributed by atoms with Crippen LogP contribution in [0.1, 0.15) is 49.8 Å². The molecule has 1 aliphatic carbocycles. The molecular weight excluding hydrogens is 186 g/mol. The zero-order chi connectivity index (χ0) is 10.8. The Morgan fingerprint density at radius 2 is 2.20 bits per heavy atom. The summed E-state index contributed by atoms with van der Waals surface area (Å²) in [5.41, 5.74) is 2.45. The minimum Gasteiger partial charge on any atom is -0.346 e. The van der Waals surface area contributed by atoms with Crippen molar-refractivity contribution in [2.75, 3.05) is 6.54 Å². The van der Waals surface area contributed by atoms with Crippen molar-refractivity contribution >= 4 is 0 Å². The number of rotatable bonds is 5. The van der Waals surface area contributed by atoms with E-state index in [1.807, 2.05) is 0 Å². The number of hydrogen-bond acceptors (Lipinski definition) is 2. The molecule has 0 bridgehead atoms. The maximum Gasteiger partial charge on any atom is 0.107 e. The summed E-state index contributed by atoms with van der Waals surface area (Å²) >= 11 is 0. The molecule has 0 saturated heterocycles. The number of nitrogens with zero attached hydrogens (tertiary/aromatic N) is 1. The Hall–Kier alpha value is -0.830. The van der Waals surface area contributed by atoms with Crippen molar-refractivity contribution in [3.05, 3.63) is 17.2 Å². The van der Waals surface area contributed by atoms with Crippen LogP contribution in [-0.2, 0) is 6.42 Å². The van der Waals surface area contributed by atoms with E-state index in [4.69, 9.17) is 0 Å². The highest BCUT2D eigenvalue weighted by Gasteiger charge is 2.20. The minimum atomic E-state index is 0.520. The van der Waals surface area contributed by atoms with Crippen LogP contribution < -0.4 is 5.32 Å². The van der Waals surface area contributed by atoms with E-state index in [9.17, 15) is 0 Å². The molecule has 84 valence electrons. The van der Waals surface area contributed by atoms with Crippen LogP contribution in [-0.4, -0.2) is 22.6 Å². The third-order valence-electron chi connectivity index (χ3n) is 2.89. The molecule has 15 heavy (non-hydrogen) atoms. The lowest BCUT2D eigenvalue weighted by Crippen LogP contribution is -2.19. The molecule has 1 aromatic rings. The minimum absolute atomic E-state index is 0.520. The third kappa shape index (κ3) is 2.81. The standard InChI is InChI=1S/C12H21N3/c1-8(2)12-9(3)14-11(15-12)6-7-13-10-4-5-10/h8,10,13H,4-7H2,1-3H3,(H,14,15). The Morgan fingerprint density at radius 3 is 2.73 bits per heavy atom. The molecular formula is C12H21N3. The Balaban J connectivity index is 1.87. The number of aryl methyl sites for hydroxylation is 1. The number of H-pyrrole nitrogens is 1. The van der Waals surface area contributed by atoms with Gasteiger partial charge in [-0.2, -0.15) is 0 Å². The van der Waals surface area contributed by atoms with Crippen molar-refractivity contribution in [1.29, 1.82) is 0 Å². The summed E-state index contributed by atoms with van der Waals surface area (Å²) in [5.74, 6) is 1.65. The Bertz CT molecular complexity index is 324. The van der Waals surface area contributed by atoms with Gasteiger partial charge in [-0.3, -0.25) is 0 Å². The summed E-state index contributed by atoms with van der Waals surface area (Å²) in [7, 11) is 0. The number of aromatic nitrogens is 2. The SMILES string of the molecule is Cc1[nH]c(CCNC2CC2)nc1C(C)C. The second-order valence-corrected chi connectivity index (χ2v) is 4.83. The summed E-state index contributed by atoms with van der Waals surface area (Å²) in [6, 6.07) is 0.797. The third-order valence-corrected chi connectivity index (χ3v) is 2.89. The van der Waals surface area contributed by atoms with Crippen LogP contribution in [0.25, 0.3) is 0 Å². The number of imidazole rings is 1. The van der Waals surface area contributed by atoms with E-state index in [1.54, 1.807) is 0 Å². The highest BCUT2D eigenvalue weighted by Crippen LogP contribution is 2.19. The van der Waals surface area contributed by atoms with Crippen LogP contribution in [0.3, 0.4) is 0 Å². The van der Waals surface area contributed by atoms with Gasteiger partial charge < -0.3 is 10.3 Å². The van der Waals surface area contributed by atoms with Crippen molar-refractivity contribution < 1.29 is 0 Å². The first-order valence-corrected chi connectivity index (χ1v) is 5.95. The zero-order valence-corrected chi connectivity index (χ0v) is 9.93. The van der Waals surface area contributed by atoms with Gasteiger partial charge in [0.15, 0.2) is 0 Å². The van der Waals surface area contributed by atoms with E-state index in [0.29, 0.717) is 5.92 Å². The van der Waals surface area contributed by atoms with Crippen molar-refractivity contribution in [3.8, 4) is 0 Å². The van der Waals surface area contributed by atoms with Gasteiger partial charge in [0.2, 0.25) is 0 Å². The zero-order valence-electron chi connectivity index (χ0n) is 9.93. The molecule has 3 heteroatoms. The highest BCUT2D eigenvalue weighted by molar-refractivity contribution is 5.16. The summed E-state index contributed by atoms with van der Waals surface area (Å²) in [5, 5.41) is 3.50. The smallest absolute Gasteiger partial charge is 0.107 e. The molecule has 1 saturated carbocycles. The quantitative estimate of drug-likeness (QED) is 0.776. The summed E-state index contributed by atoms with van der Waals surface area (Å²) < 4.78 is 0. The fourth-order valence-corrected chi connectivity index (χ4v) is 1.90. The van der Waals surface area contributed by atoms with Gasteiger partial charge in [-0.1, -0.05) is 13.8 Å². The van der Waals surface area contributed by atoms with Crippen LogP contribution in [0.2, 0.25) is 0 Å². The lowest BCUT2D eigenvalue weighted by molar-refractivity contribution is 0.667. The first kappa shape index (κ1) is 10.7. The fraction of sp³-hybridized carbons (Fsp3) is 0.750. The van der Waals surface area contributed by atoms with E-state index in [2.05, 4.69) is 36.1 Å². The van der Waals surface area contributed by atoms with E-state index < -0.39 is 0 Å². The second kappa shape index (κ2) is 4.35. The van der Waals surface area contributed by atoms with Gasteiger partial charge in [-0.05, 0) is 25.7 Å². The summed E-state index contributed by atoms with van der Waals surface area (Å²) in [6.45, 7) is 7.54. The van der Waals surface area contributed by atoms with Gasteiger partial charge >= 0.3 is 0 Å². The maximum atomic E-state index is 4.63. The van der Waals surface area contributed by atoms with Crippen molar-refractivity contribution in [3.63, 3.8) is 0 Å². The molecule has 0 amide bonds. The second-order valence-electron chi connectivity index (χ2n) is 4.83. The van der Waals surface area contributed by atoms with Crippen LogP contribution >= 0.6 is 0 Å². The van der Waals surface area contributed by atoms with E-state index in [1.165, 1.54) is 24.2 Å². The highest BCUT2D eigenvalue weighted by atomic mass is 15.0. The average Bonchev–Trinajstić information content (AvgIpc) is 2.90. The molecule has 0 aromatic carbocycles. The molecule has 1 aromatic heterocycles. The first-order valence-electron chi connectivity index (χ1n) is 5.95. The van der Waals surface area contributed by atoms with E-state index >= 15 is 0 Å². The van der Waals surface area contributed by atoms with E-state index in [-0.39, 0.29) is 0 Å². The van der Waals surface area contributed by atoms with Crippen molar-refractivity contribution in [1.82, 2.24) is 15.3 Å². The normalized spacial score (nSPS) is 16.3. The van der Waals surface area contributed by atoms with Crippen LogP contribution in [0, 0.1) is 6.92 Å². The molecule has 0 spiro atoms. The lowest BCUT2D eigenvalue weighted by Gasteiger charge is -2.00. The summed E-state index contributed by atoms with van der Waals surface area (Å²) in [4.78, 5) is 8.00. The molecule has 3 nitrogen and oxygen atoms in total. The van der Waals surface area contributed by atoms with Gasteiger partial charge in [-0.15, -0.1) is 0 Å². The van der Waals surface area contributed by atoms with Gasteiger partial charge in [0, 0.05) is 24.7 Å². The molecule has 2 rings (SSSR count). The van der Waals surface area contributed by atoms with Crippen LogP contribution in [0.4, 0.5) is 0 Å². The molecule has 0 unspecified atom stereocenters. The molecule has 0 atom stereocenters. The average molecular weight is 207 g/mol. The largest absolute Gasteiger partial charge is 0.346 e. The Kier molecular flexibility index (Phi) is 3.10. The van der Waals surface area contributed by atoms with Gasteiger partial charge in [0.1, 0.15) is 5.82 Å². The monoisotopic (exact) mass is 207 g/mol. The molecule has 0 radical (unpaired) electrons. The predicted molar refractivity (Wildman–Crippen MR) is 62.1 cm³/mol. The van der Waals surface area contributed by atoms with Gasteiger partial charge in [0.25, 0.3) is 0 Å². The summed E-state index contributed by atoms with van der Waals surface area (Å²) in [6.07, 6.45) is 3.73. The molecule has 1 fully saturated rings. The first-order chi connectivity index (χ1) is 7.16. The van der Waals surface area contributed by atoms with E-state index in [0.717, 1.165) is 24.8 Å². The fourth-order valence-electron chi connectivity index (χ4n) is 1.90. The number of nitrogens with one attached hydrogen (secondary N) is 2. The Labute approximate surface area is 91.7 Å². The maximum absolute atomic E-state index is 4.63. The Morgan fingerprint density at radius 1 is 1.47 bits per heavy atom. The molecule has 0 aliphatic heterocycles.